The van der Waals surface area contributed by atoms with Crippen molar-refractivity contribution >= 4 is 45.6 Å². The molecular weight excluding hydrogens is 354 g/mol. The third-order valence-electron chi connectivity index (χ3n) is 2.52. The number of carboxylic acid groups (broad SMARTS) is 1. The zero-order valence-electron chi connectivity index (χ0n) is 9.54. The number of benzene rings is 1. The van der Waals surface area contributed by atoms with Crippen molar-refractivity contribution in [3.8, 4) is 5.75 Å². The number of carbonyl (C=O) groups is 1. The first-order valence-corrected chi connectivity index (χ1v) is 6.72. The lowest BCUT2D eigenvalue weighted by atomic mass is 10.0. The van der Waals surface area contributed by atoms with Gasteiger partial charge in [-0.05, 0) is 39.5 Å². The number of hydrogen-bond donors (Lipinski definition) is 3. The summed E-state index contributed by atoms with van der Waals surface area (Å²) in [6.45, 7) is 0. The number of rotatable bonds is 3. The number of hydrogen-bond acceptors (Lipinski definition) is 4. The molecule has 0 radical (unpaired) electrons. The van der Waals surface area contributed by atoms with E-state index in [0.717, 1.165) is 4.88 Å². The Kier molecular flexibility index (Phi) is 5.37. The van der Waals surface area contributed by atoms with Crippen molar-refractivity contribution in [3.63, 3.8) is 0 Å². The van der Waals surface area contributed by atoms with Crippen LogP contribution < -0.4 is 5.73 Å². The number of phenolic OH excluding ortho intramolecular Hbond substituents is 1. The average molecular weight is 365 g/mol. The number of carboxylic acids is 1. The highest BCUT2D eigenvalue weighted by molar-refractivity contribution is 9.10. The van der Waals surface area contributed by atoms with Crippen molar-refractivity contribution < 1.29 is 15.0 Å². The summed E-state index contributed by atoms with van der Waals surface area (Å²) in [5.74, 6) is -1.09. The van der Waals surface area contributed by atoms with E-state index < -0.39 is 12.0 Å². The van der Waals surface area contributed by atoms with Crippen LogP contribution in [0.25, 0.3) is 0 Å². The van der Waals surface area contributed by atoms with Gasteiger partial charge >= 0.3 is 5.97 Å². The maximum atomic E-state index is 11.0. The minimum atomic E-state index is -1.06. The molecule has 0 saturated heterocycles. The predicted octanol–water partition coefficient (Wildman–Crippen LogP) is 3.38. The molecule has 0 bridgehead atoms. The van der Waals surface area contributed by atoms with Crippen molar-refractivity contribution in [2.45, 2.75) is 6.04 Å². The maximum Gasteiger partial charge on any atom is 0.335 e. The minimum absolute atomic E-state index is 0. The Labute approximate surface area is 128 Å². The van der Waals surface area contributed by atoms with E-state index in [-0.39, 0.29) is 23.7 Å². The first-order valence-electron chi connectivity index (χ1n) is 5.05. The van der Waals surface area contributed by atoms with Crippen molar-refractivity contribution in [2.75, 3.05) is 0 Å². The highest BCUT2D eigenvalue weighted by Gasteiger charge is 2.19. The lowest BCUT2D eigenvalue weighted by molar-refractivity contribution is 0.0696. The summed E-state index contributed by atoms with van der Waals surface area (Å²) in [6, 6.07) is 5.90. The first kappa shape index (κ1) is 16.0. The number of halogens is 2. The van der Waals surface area contributed by atoms with Gasteiger partial charge in [0.15, 0.2) is 0 Å². The van der Waals surface area contributed by atoms with Gasteiger partial charge in [0.1, 0.15) is 5.75 Å². The molecule has 0 amide bonds. The van der Waals surface area contributed by atoms with Crippen molar-refractivity contribution in [2.24, 2.45) is 5.73 Å². The monoisotopic (exact) mass is 363 g/mol. The van der Waals surface area contributed by atoms with Crippen LogP contribution >= 0.6 is 39.7 Å². The normalized spacial score (nSPS) is 11.7. The van der Waals surface area contributed by atoms with Gasteiger partial charge in [0.05, 0.1) is 16.1 Å². The van der Waals surface area contributed by atoms with Gasteiger partial charge in [-0.2, -0.15) is 0 Å². The zero-order valence-corrected chi connectivity index (χ0v) is 12.8. The molecule has 1 atom stereocenters. The maximum absolute atomic E-state index is 11.0. The molecule has 0 fully saturated rings. The second kappa shape index (κ2) is 6.38. The standard InChI is InChI=1S/C12H10BrNO3S.ClH/c13-8-5-6(12(16)17)4-7(11(8)15)10(14)9-2-1-3-18-9;/h1-5,10,15H,14H2,(H,16,17);1H/t10-;/m0./s1. The summed E-state index contributed by atoms with van der Waals surface area (Å²) in [5, 5.41) is 20.8. The fraction of sp³-hybridized carbons (Fsp3) is 0.0833. The smallest absolute Gasteiger partial charge is 0.335 e. The summed E-state index contributed by atoms with van der Waals surface area (Å²) in [4.78, 5) is 11.8. The number of thiophene rings is 1. The second-order valence-electron chi connectivity index (χ2n) is 3.69. The van der Waals surface area contributed by atoms with Crippen molar-refractivity contribution in [1.29, 1.82) is 0 Å². The van der Waals surface area contributed by atoms with Gasteiger partial charge in [-0.3, -0.25) is 0 Å². The van der Waals surface area contributed by atoms with Gasteiger partial charge in [-0.15, -0.1) is 23.7 Å². The second-order valence-corrected chi connectivity index (χ2v) is 5.53. The van der Waals surface area contributed by atoms with E-state index in [9.17, 15) is 9.90 Å². The third kappa shape index (κ3) is 3.27. The zero-order chi connectivity index (χ0) is 13.3. The summed E-state index contributed by atoms with van der Waals surface area (Å²) < 4.78 is 0.324. The van der Waals surface area contributed by atoms with E-state index in [1.165, 1.54) is 23.5 Å². The van der Waals surface area contributed by atoms with Crippen molar-refractivity contribution in [3.05, 3.63) is 50.1 Å². The molecule has 2 rings (SSSR count). The van der Waals surface area contributed by atoms with Crippen LogP contribution in [0.5, 0.6) is 5.75 Å². The Hall–Kier alpha value is -1.08. The van der Waals surface area contributed by atoms with Gasteiger partial charge < -0.3 is 15.9 Å². The van der Waals surface area contributed by atoms with E-state index in [1.807, 2.05) is 17.5 Å². The molecule has 1 heterocycles. The Bertz CT molecular complexity index is 589. The molecule has 102 valence electrons. The van der Waals surface area contributed by atoms with Gasteiger partial charge in [0.25, 0.3) is 0 Å². The third-order valence-corrected chi connectivity index (χ3v) is 4.08. The summed E-state index contributed by atoms with van der Waals surface area (Å²) in [7, 11) is 0. The quantitative estimate of drug-likeness (QED) is 0.779. The van der Waals surface area contributed by atoms with E-state index in [2.05, 4.69) is 15.9 Å². The topological polar surface area (TPSA) is 83.6 Å². The van der Waals surface area contributed by atoms with Crippen LogP contribution in [0, 0.1) is 0 Å². The number of aromatic hydroxyl groups is 1. The van der Waals surface area contributed by atoms with Crippen LogP contribution in [-0.2, 0) is 0 Å². The van der Waals surface area contributed by atoms with Crippen LogP contribution in [0.15, 0.2) is 34.1 Å². The lowest BCUT2D eigenvalue weighted by Gasteiger charge is -2.14. The molecule has 0 aliphatic heterocycles. The van der Waals surface area contributed by atoms with Crippen molar-refractivity contribution in [1.82, 2.24) is 0 Å². The Morgan fingerprint density at radius 3 is 2.63 bits per heavy atom. The van der Waals surface area contributed by atoms with Crippen LogP contribution in [0.4, 0.5) is 0 Å². The molecule has 0 saturated carbocycles. The molecule has 0 unspecified atom stereocenters. The molecule has 4 nitrogen and oxygen atoms in total. The van der Waals surface area contributed by atoms with E-state index in [4.69, 9.17) is 10.8 Å². The molecule has 0 aliphatic rings. The summed E-state index contributed by atoms with van der Waals surface area (Å²) in [6.07, 6.45) is 0. The SMILES string of the molecule is Cl.N[C@H](c1cccs1)c1cc(C(=O)O)cc(Br)c1O. The average Bonchev–Trinajstić information content (AvgIpc) is 2.85. The van der Waals surface area contributed by atoms with Crippen LogP contribution in [0.2, 0.25) is 0 Å². The van der Waals surface area contributed by atoms with Crippen LogP contribution in [0.3, 0.4) is 0 Å². The lowest BCUT2D eigenvalue weighted by Crippen LogP contribution is -2.12. The molecule has 19 heavy (non-hydrogen) atoms. The highest BCUT2D eigenvalue weighted by Crippen LogP contribution is 2.36. The largest absolute Gasteiger partial charge is 0.506 e. The molecule has 7 heteroatoms. The fourth-order valence-electron chi connectivity index (χ4n) is 1.60. The minimum Gasteiger partial charge on any atom is -0.506 e. The van der Waals surface area contributed by atoms with Crippen LogP contribution in [-0.4, -0.2) is 16.2 Å². The van der Waals surface area contributed by atoms with E-state index in [0.29, 0.717) is 10.0 Å². The molecule has 4 N–H and O–H groups in total. The molecule has 2 aromatic rings. The molecule has 0 aliphatic carbocycles. The Morgan fingerprint density at radius 2 is 2.11 bits per heavy atom. The van der Waals surface area contributed by atoms with Gasteiger partial charge in [-0.25, -0.2) is 4.79 Å². The highest BCUT2D eigenvalue weighted by atomic mass is 79.9. The number of phenols is 1. The van der Waals surface area contributed by atoms with Gasteiger partial charge in [0.2, 0.25) is 0 Å². The predicted molar refractivity (Wildman–Crippen MR) is 80.4 cm³/mol. The summed E-state index contributed by atoms with van der Waals surface area (Å²) in [5.41, 5.74) is 6.51. The molecule has 1 aromatic carbocycles. The Balaban J connectivity index is 0.00000180. The summed E-state index contributed by atoms with van der Waals surface area (Å²) >= 11 is 4.59. The van der Waals surface area contributed by atoms with Gasteiger partial charge in [-0.1, -0.05) is 6.07 Å². The molecule has 1 aromatic heterocycles. The molecule has 0 spiro atoms. The van der Waals surface area contributed by atoms with Gasteiger partial charge in [0, 0.05) is 10.4 Å². The Morgan fingerprint density at radius 1 is 1.42 bits per heavy atom. The number of aromatic carboxylic acids is 1. The number of nitrogens with two attached hydrogens (primary N) is 1. The fourth-order valence-corrected chi connectivity index (χ4v) is 2.82. The first-order chi connectivity index (χ1) is 8.50. The van der Waals surface area contributed by atoms with E-state index >= 15 is 0 Å². The van der Waals surface area contributed by atoms with Crippen LogP contribution in [0.1, 0.15) is 26.8 Å². The molecular formula is C12H11BrClNO3S. The van der Waals surface area contributed by atoms with E-state index in [1.54, 1.807) is 0 Å².